The normalized spacial score (nSPS) is 16.2. The minimum absolute atomic E-state index is 0.0532. The molecule has 1 unspecified atom stereocenters. The van der Waals surface area contributed by atoms with E-state index in [0.29, 0.717) is 18.1 Å². The van der Waals surface area contributed by atoms with E-state index >= 15 is 0 Å². The average molecular weight is 423 g/mol. The molecule has 5 nitrogen and oxygen atoms in total. The van der Waals surface area contributed by atoms with Crippen LogP contribution in [0.4, 0.5) is 0 Å². The van der Waals surface area contributed by atoms with E-state index in [1.807, 2.05) is 55.1 Å². The van der Waals surface area contributed by atoms with Gasteiger partial charge in [0.25, 0.3) is 0 Å². The third-order valence-electron chi connectivity index (χ3n) is 6.03. The number of likely N-dealkylation sites (tertiary alicyclic amines) is 1. The third kappa shape index (κ3) is 4.05. The number of amides is 1. The van der Waals surface area contributed by atoms with Gasteiger partial charge in [0, 0.05) is 40.4 Å². The maximum absolute atomic E-state index is 12.6. The summed E-state index contributed by atoms with van der Waals surface area (Å²) in [7, 11) is 0. The topological polar surface area (TPSA) is 72.1 Å². The molecule has 1 atom stereocenters. The van der Waals surface area contributed by atoms with Gasteiger partial charge in [-0.2, -0.15) is 5.10 Å². The fourth-order valence-electron chi connectivity index (χ4n) is 4.12. The van der Waals surface area contributed by atoms with Gasteiger partial charge in [0.1, 0.15) is 5.69 Å². The van der Waals surface area contributed by atoms with E-state index in [1.165, 1.54) is 0 Å². The Labute approximate surface area is 182 Å². The second-order valence-electron chi connectivity index (χ2n) is 8.36. The van der Waals surface area contributed by atoms with E-state index < -0.39 is 6.04 Å². The smallest absolute Gasteiger partial charge is 0.239 e. The monoisotopic (exact) mass is 422 g/mol. The number of nitrogens with zero attached hydrogens (tertiary/aromatic N) is 3. The predicted molar refractivity (Wildman–Crippen MR) is 121 cm³/mol. The van der Waals surface area contributed by atoms with Crippen molar-refractivity contribution in [1.29, 1.82) is 0 Å². The lowest BCUT2D eigenvalue weighted by atomic mass is 9.89. The predicted octanol–water partition coefficient (Wildman–Crippen LogP) is 4.64. The van der Waals surface area contributed by atoms with Crippen LogP contribution in [0.15, 0.2) is 48.5 Å². The van der Waals surface area contributed by atoms with Crippen molar-refractivity contribution in [3.63, 3.8) is 0 Å². The van der Waals surface area contributed by atoms with Crippen LogP contribution in [0.1, 0.15) is 38.3 Å². The molecule has 0 aliphatic carbocycles. The maximum Gasteiger partial charge on any atom is 0.239 e. The van der Waals surface area contributed by atoms with Crippen LogP contribution in [0.25, 0.3) is 22.0 Å². The Bertz CT molecular complexity index is 1040. The van der Waals surface area contributed by atoms with E-state index in [9.17, 15) is 4.79 Å². The minimum atomic E-state index is -0.430. The summed E-state index contributed by atoms with van der Waals surface area (Å²) in [5.41, 5.74) is 8.95. The number of nitrogens with two attached hydrogens (primary N) is 1. The quantitative estimate of drug-likeness (QED) is 0.664. The summed E-state index contributed by atoms with van der Waals surface area (Å²) in [6.07, 6.45) is 1.74. The van der Waals surface area contributed by atoms with Gasteiger partial charge in [0.05, 0.1) is 11.7 Å². The Morgan fingerprint density at radius 3 is 2.30 bits per heavy atom. The van der Waals surface area contributed by atoms with Crippen LogP contribution in [-0.4, -0.2) is 40.1 Å². The molecule has 1 amide bonds. The number of benzene rings is 2. The zero-order valence-corrected chi connectivity index (χ0v) is 18.1. The van der Waals surface area contributed by atoms with Gasteiger partial charge in [-0.25, -0.2) is 0 Å². The van der Waals surface area contributed by atoms with E-state index in [1.54, 1.807) is 0 Å². The molecule has 0 spiro atoms. The second-order valence-corrected chi connectivity index (χ2v) is 8.79. The van der Waals surface area contributed by atoms with Gasteiger partial charge in [-0.05, 0) is 30.9 Å². The largest absolute Gasteiger partial charge is 0.341 e. The molecule has 6 heteroatoms. The summed E-state index contributed by atoms with van der Waals surface area (Å²) in [5.74, 6) is 0.476. The summed E-state index contributed by atoms with van der Waals surface area (Å²) in [4.78, 5) is 14.5. The summed E-state index contributed by atoms with van der Waals surface area (Å²) in [5, 5.41) is 12.2. The highest BCUT2D eigenvalue weighted by atomic mass is 35.5. The van der Waals surface area contributed by atoms with E-state index in [2.05, 4.69) is 22.3 Å². The number of aromatic nitrogens is 2. The van der Waals surface area contributed by atoms with Gasteiger partial charge in [-0.1, -0.05) is 61.8 Å². The average Bonchev–Trinajstić information content (AvgIpc) is 2.78. The molecule has 4 rings (SSSR count). The number of hydrogen-bond acceptors (Lipinski definition) is 4. The molecule has 0 radical (unpaired) electrons. The Kier molecular flexibility index (Phi) is 6.02. The summed E-state index contributed by atoms with van der Waals surface area (Å²) in [6.45, 7) is 5.39. The Morgan fingerprint density at radius 2 is 1.67 bits per heavy atom. The summed E-state index contributed by atoms with van der Waals surface area (Å²) >= 11 is 6.04. The van der Waals surface area contributed by atoms with Crippen LogP contribution >= 0.6 is 11.6 Å². The SMILES string of the molecule is CC(C)C(N)C(=O)N1CCC(c2nnc(-c3ccc(Cl)cc3)c3ccccc23)CC1. The van der Waals surface area contributed by atoms with Crippen LogP contribution in [0.2, 0.25) is 5.02 Å². The number of carbonyl (C=O) groups is 1. The molecular weight excluding hydrogens is 396 g/mol. The highest BCUT2D eigenvalue weighted by Gasteiger charge is 2.30. The minimum Gasteiger partial charge on any atom is -0.341 e. The molecule has 156 valence electrons. The number of hydrogen-bond donors (Lipinski definition) is 1. The van der Waals surface area contributed by atoms with Crippen LogP contribution in [0.3, 0.4) is 0 Å². The van der Waals surface area contributed by atoms with Gasteiger partial charge in [0.15, 0.2) is 0 Å². The van der Waals surface area contributed by atoms with Crippen molar-refractivity contribution >= 4 is 28.3 Å². The van der Waals surface area contributed by atoms with Crippen LogP contribution in [0, 0.1) is 5.92 Å². The first kappa shape index (κ1) is 20.8. The highest BCUT2D eigenvalue weighted by Crippen LogP contribution is 2.35. The molecular formula is C24H27ClN4O. The first-order valence-electron chi connectivity index (χ1n) is 10.5. The van der Waals surface area contributed by atoms with Gasteiger partial charge in [0.2, 0.25) is 5.91 Å². The first-order chi connectivity index (χ1) is 14.5. The van der Waals surface area contributed by atoms with Crippen molar-refractivity contribution < 1.29 is 4.79 Å². The van der Waals surface area contributed by atoms with E-state index in [4.69, 9.17) is 17.3 Å². The lowest BCUT2D eigenvalue weighted by molar-refractivity contribution is -0.134. The number of rotatable bonds is 4. The second kappa shape index (κ2) is 8.70. The fourth-order valence-corrected chi connectivity index (χ4v) is 4.24. The number of carbonyl (C=O) groups excluding carboxylic acids is 1. The Morgan fingerprint density at radius 1 is 1.03 bits per heavy atom. The molecule has 1 fully saturated rings. The van der Waals surface area contributed by atoms with Crippen molar-refractivity contribution in [2.45, 2.75) is 38.6 Å². The highest BCUT2D eigenvalue weighted by molar-refractivity contribution is 6.30. The van der Waals surface area contributed by atoms with Gasteiger partial charge >= 0.3 is 0 Å². The zero-order chi connectivity index (χ0) is 21.3. The molecule has 1 saturated heterocycles. The van der Waals surface area contributed by atoms with Crippen LogP contribution < -0.4 is 5.73 Å². The summed E-state index contributed by atoms with van der Waals surface area (Å²) < 4.78 is 0. The van der Waals surface area contributed by atoms with Crippen molar-refractivity contribution in [3.8, 4) is 11.3 Å². The first-order valence-corrected chi connectivity index (χ1v) is 10.9. The van der Waals surface area contributed by atoms with Gasteiger partial charge < -0.3 is 10.6 Å². The lowest BCUT2D eigenvalue weighted by Crippen LogP contribution is -2.49. The number of piperidine rings is 1. The van der Waals surface area contributed by atoms with Gasteiger partial charge in [-0.15, -0.1) is 5.10 Å². The van der Waals surface area contributed by atoms with Crippen LogP contribution in [0.5, 0.6) is 0 Å². The molecule has 2 N–H and O–H groups in total. The third-order valence-corrected chi connectivity index (χ3v) is 6.28. The Hall–Kier alpha value is -2.50. The Balaban J connectivity index is 1.60. The van der Waals surface area contributed by atoms with Crippen molar-refractivity contribution in [3.05, 3.63) is 59.2 Å². The molecule has 2 aromatic carbocycles. The zero-order valence-electron chi connectivity index (χ0n) is 17.4. The van der Waals surface area contributed by atoms with E-state index in [-0.39, 0.29) is 17.7 Å². The van der Waals surface area contributed by atoms with Crippen LogP contribution in [-0.2, 0) is 4.79 Å². The van der Waals surface area contributed by atoms with E-state index in [0.717, 1.165) is 40.6 Å². The standard InChI is InChI=1S/C24H27ClN4O/c1-15(2)21(26)24(30)29-13-11-17(12-14-29)23-20-6-4-3-5-19(20)22(27-28-23)16-7-9-18(25)10-8-16/h3-10,15,17,21H,11-14,26H2,1-2H3. The summed E-state index contributed by atoms with van der Waals surface area (Å²) in [6, 6.07) is 15.5. The van der Waals surface area contributed by atoms with Crippen molar-refractivity contribution in [1.82, 2.24) is 15.1 Å². The molecule has 1 aliphatic rings. The molecule has 2 heterocycles. The molecule has 3 aromatic rings. The molecule has 30 heavy (non-hydrogen) atoms. The van der Waals surface area contributed by atoms with Gasteiger partial charge in [-0.3, -0.25) is 4.79 Å². The van der Waals surface area contributed by atoms with Crippen molar-refractivity contribution in [2.24, 2.45) is 11.7 Å². The van der Waals surface area contributed by atoms with Crippen molar-refractivity contribution in [2.75, 3.05) is 13.1 Å². The maximum atomic E-state index is 12.6. The molecule has 1 aromatic heterocycles. The number of halogens is 1. The lowest BCUT2D eigenvalue weighted by Gasteiger charge is -2.34. The molecule has 0 bridgehead atoms. The number of fused-ring (bicyclic) bond motifs is 1. The molecule has 1 aliphatic heterocycles. The molecule has 0 saturated carbocycles. The fraction of sp³-hybridized carbons (Fsp3) is 0.375.